The monoisotopic (exact) mass is 445 g/mol. The molecule has 0 aliphatic rings. The lowest BCUT2D eigenvalue weighted by Gasteiger charge is -2.22. The first-order valence-corrected chi connectivity index (χ1v) is 9.03. The van der Waals surface area contributed by atoms with Gasteiger partial charge in [0.15, 0.2) is 0 Å². The van der Waals surface area contributed by atoms with Crippen LogP contribution in [0.15, 0.2) is 27.7 Å². The standard InChI is InChI=1S/C18H25BrFN3O4/c1-17(2,3)26-15(24)22-14(23-16(25)27-18(4,5)6)21-10-11-7-8-12(20)9-13(11)19/h7-9H,10H2,1-6H3,(H2,21,22,23,24,25). The number of hydrogen-bond donors (Lipinski definition) is 2. The summed E-state index contributed by atoms with van der Waals surface area (Å²) in [6.45, 7) is 10.3. The second-order valence-corrected chi connectivity index (χ2v) is 8.51. The summed E-state index contributed by atoms with van der Waals surface area (Å²) in [6, 6.07) is 4.13. The van der Waals surface area contributed by atoms with E-state index in [0.717, 1.165) is 0 Å². The Labute approximate surface area is 166 Å². The van der Waals surface area contributed by atoms with Crippen LogP contribution in [0.1, 0.15) is 47.1 Å². The number of guanidine groups is 1. The molecule has 0 heterocycles. The minimum absolute atomic E-state index is 0.0712. The largest absolute Gasteiger partial charge is 0.444 e. The van der Waals surface area contributed by atoms with E-state index in [2.05, 4.69) is 31.6 Å². The van der Waals surface area contributed by atoms with Crippen molar-refractivity contribution in [2.75, 3.05) is 0 Å². The Morgan fingerprint density at radius 2 is 1.52 bits per heavy atom. The molecule has 1 aromatic rings. The Morgan fingerprint density at radius 3 is 1.93 bits per heavy atom. The summed E-state index contributed by atoms with van der Waals surface area (Å²) in [7, 11) is 0. The predicted octanol–water partition coefficient (Wildman–Crippen LogP) is 4.49. The molecule has 9 heteroatoms. The van der Waals surface area contributed by atoms with Gasteiger partial charge in [0.1, 0.15) is 17.0 Å². The smallest absolute Gasteiger partial charge is 0.414 e. The third-order valence-corrected chi connectivity index (χ3v) is 3.40. The second-order valence-electron chi connectivity index (χ2n) is 7.65. The highest BCUT2D eigenvalue weighted by Crippen LogP contribution is 2.18. The molecule has 7 nitrogen and oxygen atoms in total. The summed E-state index contributed by atoms with van der Waals surface area (Å²) in [4.78, 5) is 28.2. The molecule has 1 aromatic carbocycles. The number of carbonyl (C=O) groups excluding carboxylic acids is 2. The average molecular weight is 446 g/mol. The molecular formula is C18H25BrFN3O4. The molecule has 1 rings (SSSR count). The fourth-order valence-electron chi connectivity index (χ4n) is 1.73. The van der Waals surface area contributed by atoms with E-state index in [9.17, 15) is 14.0 Å². The van der Waals surface area contributed by atoms with Crippen LogP contribution in [0, 0.1) is 5.82 Å². The van der Waals surface area contributed by atoms with Crippen molar-refractivity contribution >= 4 is 34.1 Å². The number of halogens is 2. The molecule has 150 valence electrons. The number of ether oxygens (including phenoxy) is 2. The molecule has 0 aromatic heterocycles. The van der Waals surface area contributed by atoms with E-state index in [0.29, 0.717) is 10.0 Å². The van der Waals surface area contributed by atoms with Crippen LogP contribution >= 0.6 is 15.9 Å². The Bertz CT molecular complexity index is 692. The number of nitrogens with zero attached hydrogens (tertiary/aromatic N) is 1. The third kappa shape index (κ3) is 9.93. The van der Waals surface area contributed by atoms with Crippen molar-refractivity contribution in [2.45, 2.75) is 59.3 Å². The van der Waals surface area contributed by atoms with Gasteiger partial charge in [-0.05, 0) is 59.2 Å². The highest BCUT2D eigenvalue weighted by molar-refractivity contribution is 9.10. The number of alkyl carbamates (subject to hydrolysis) is 2. The summed E-state index contributed by atoms with van der Waals surface area (Å²) >= 11 is 3.25. The van der Waals surface area contributed by atoms with Gasteiger partial charge in [-0.1, -0.05) is 22.0 Å². The molecule has 0 radical (unpaired) electrons. The van der Waals surface area contributed by atoms with Gasteiger partial charge < -0.3 is 9.47 Å². The van der Waals surface area contributed by atoms with Gasteiger partial charge in [-0.25, -0.2) is 19.0 Å². The topological polar surface area (TPSA) is 89.0 Å². The minimum Gasteiger partial charge on any atom is -0.444 e. The normalized spacial score (nSPS) is 11.4. The first-order valence-electron chi connectivity index (χ1n) is 8.23. The van der Waals surface area contributed by atoms with Crippen LogP contribution in [0.2, 0.25) is 0 Å². The van der Waals surface area contributed by atoms with Gasteiger partial charge in [-0.3, -0.25) is 10.6 Å². The van der Waals surface area contributed by atoms with Crippen LogP contribution in [0.5, 0.6) is 0 Å². The van der Waals surface area contributed by atoms with Crippen molar-refractivity contribution in [3.05, 3.63) is 34.1 Å². The molecule has 0 aliphatic heterocycles. The van der Waals surface area contributed by atoms with E-state index in [1.165, 1.54) is 12.1 Å². The summed E-state index contributed by atoms with van der Waals surface area (Å²) in [5.74, 6) is -0.539. The Morgan fingerprint density at radius 1 is 1.04 bits per heavy atom. The lowest BCUT2D eigenvalue weighted by atomic mass is 10.2. The van der Waals surface area contributed by atoms with Crippen LogP contribution in [-0.2, 0) is 16.0 Å². The Balaban J connectivity index is 2.94. The highest BCUT2D eigenvalue weighted by atomic mass is 79.9. The molecule has 0 atom stereocenters. The number of nitrogens with one attached hydrogen (secondary N) is 2. The van der Waals surface area contributed by atoms with Crippen molar-refractivity contribution in [3.8, 4) is 0 Å². The van der Waals surface area contributed by atoms with Gasteiger partial charge in [0.05, 0.1) is 6.54 Å². The van der Waals surface area contributed by atoms with Crippen molar-refractivity contribution < 1.29 is 23.5 Å². The Kier molecular flexibility index (Phi) is 7.77. The van der Waals surface area contributed by atoms with Crippen molar-refractivity contribution in [1.29, 1.82) is 0 Å². The summed E-state index contributed by atoms with van der Waals surface area (Å²) in [6.07, 6.45) is -1.56. The average Bonchev–Trinajstić information content (AvgIpc) is 2.41. The van der Waals surface area contributed by atoms with E-state index in [1.807, 2.05) is 0 Å². The molecule has 0 saturated heterocycles. The number of carbonyl (C=O) groups is 2. The van der Waals surface area contributed by atoms with Crippen molar-refractivity contribution in [3.63, 3.8) is 0 Å². The van der Waals surface area contributed by atoms with Crippen LogP contribution in [0.25, 0.3) is 0 Å². The maximum Gasteiger partial charge on any atom is 0.414 e. The number of benzene rings is 1. The molecule has 2 amide bonds. The summed E-state index contributed by atoms with van der Waals surface area (Å²) in [5, 5.41) is 4.76. The fraction of sp³-hybridized carbons (Fsp3) is 0.500. The molecular weight excluding hydrogens is 421 g/mol. The molecule has 0 unspecified atom stereocenters. The number of rotatable bonds is 2. The van der Waals surface area contributed by atoms with Gasteiger partial charge >= 0.3 is 12.2 Å². The summed E-state index contributed by atoms with van der Waals surface area (Å²) in [5.41, 5.74) is -0.784. The van der Waals surface area contributed by atoms with Crippen LogP contribution in [0.4, 0.5) is 14.0 Å². The first kappa shape index (κ1) is 22.9. The van der Waals surface area contributed by atoms with E-state index in [-0.39, 0.29) is 12.5 Å². The summed E-state index contributed by atoms with van der Waals surface area (Å²) < 4.78 is 24.0. The lowest BCUT2D eigenvalue weighted by Crippen LogP contribution is -2.47. The zero-order valence-electron chi connectivity index (χ0n) is 16.3. The minimum atomic E-state index is -0.782. The molecule has 27 heavy (non-hydrogen) atoms. The van der Waals surface area contributed by atoms with Crippen LogP contribution in [-0.4, -0.2) is 29.3 Å². The highest BCUT2D eigenvalue weighted by Gasteiger charge is 2.21. The van der Waals surface area contributed by atoms with Gasteiger partial charge in [0.2, 0.25) is 5.96 Å². The van der Waals surface area contributed by atoms with Crippen LogP contribution in [0.3, 0.4) is 0 Å². The van der Waals surface area contributed by atoms with Gasteiger partial charge in [-0.2, -0.15) is 0 Å². The van der Waals surface area contributed by atoms with E-state index in [4.69, 9.17) is 9.47 Å². The van der Waals surface area contributed by atoms with Gasteiger partial charge in [0, 0.05) is 4.47 Å². The maximum atomic E-state index is 13.2. The fourth-order valence-corrected chi connectivity index (χ4v) is 2.20. The Hall–Kier alpha value is -2.16. The molecule has 0 saturated carbocycles. The molecule has 0 bridgehead atoms. The zero-order chi connectivity index (χ0) is 20.8. The first-order chi connectivity index (χ1) is 12.2. The van der Waals surface area contributed by atoms with E-state index < -0.39 is 29.2 Å². The van der Waals surface area contributed by atoms with Gasteiger partial charge in [0.25, 0.3) is 0 Å². The number of hydrogen-bond acceptors (Lipinski definition) is 5. The molecule has 2 N–H and O–H groups in total. The number of aliphatic imine (C=N–C) groups is 1. The molecule has 0 fully saturated rings. The zero-order valence-corrected chi connectivity index (χ0v) is 17.9. The quantitative estimate of drug-likeness (QED) is 0.518. The second kappa shape index (κ2) is 9.16. The van der Waals surface area contributed by atoms with E-state index >= 15 is 0 Å². The predicted molar refractivity (Wildman–Crippen MR) is 104 cm³/mol. The molecule has 0 aliphatic carbocycles. The third-order valence-electron chi connectivity index (χ3n) is 2.66. The number of amides is 2. The molecule has 0 spiro atoms. The van der Waals surface area contributed by atoms with Crippen molar-refractivity contribution in [2.24, 2.45) is 4.99 Å². The van der Waals surface area contributed by atoms with E-state index in [1.54, 1.807) is 47.6 Å². The SMILES string of the molecule is CC(C)(C)OC(=O)NC(=NCc1ccc(F)cc1Br)NC(=O)OC(C)(C)C. The lowest BCUT2D eigenvalue weighted by molar-refractivity contribution is 0.0545. The van der Waals surface area contributed by atoms with Gasteiger partial charge in [-0.15, -0.1) is 0 Å². The maximum absolute atomic E-state index is 13.2. The van der Waals surface area contributed by atoms with Crippen LogP contribution < -0.4 is 10.6 Å². The van der Waals surface area contributed by atoms with Crippen molar-refractivity contribution in [1.82, 2.24) is 10.6 Å².